The molecule has 0 aliphatic rings. The summed E-state index contributed by atoms with van der Waals surface area (Å²) < 4.78 is 16.8. The maximum absolute atomic E-state index is 5.63. The minimum atomic E-state index is 0.223. The van der Waals surface area contributed by atoms with Crippen molar-refractivity contribution >= 4 is 11.8 Å². The third-order valence-electron chi connectivity index (χ3n) is 3.36. The van der Waals surface area contributed by atoms with Crippen molar-refractivity contribution in [3.8, 4) is 17.2 Å². The van der Waals surface area contributed by atoms with E-state index in [0.717, 1.165) is 11.3 Å². The molecule has 0 aliphatic carbocycles. The highest BCUT2D eigenvalue weighted by Crippen LogP contribution is 2.25. The first-order valence-corrected chi connectivity index (χ1v) is 8.86. The number of hydrogen-bond donors (Lipinski definition) is 0. The van der Waals surface area contributed by atoms with Gasteiger partial charge >= 0.3 is 0 Å². The molecule has 0 unspecified atom stereocenters. The molecule has 7 nitrogen and oxygen atoms in total. The van der Waals surface area contributed by atoms with Gasteiger partial charge in [0.25, 0.3) is 11.1 Å². The number of benzene rings is 2. The summed E-state index contributed by atoms with van der Waals surface area (Å²) in [5, 5.41) is 16.5. The number of para-hydroxylation sites is 1. The van der Waals surface area contributed by atoms with E-state index < -0.39 is 0 Å². The lowest BCUT2D eigenvalue weighted by molar-refractivity contribution is 0.260. The van der Waals surface area contributed by atoms with Gasteiger partial charge in [-0.15, -0.1) is 20.4 Å². The van der Waals surface area contributed by atoms with Crippen molar-refractivity contribution in [3.63, 3.8) is 0 Å². The van der Waals surface area contributed by atoms with E-state index >= 15 is 0 Å². The Labute approximate surface area is 153 Å². The van der Waals surface area contributed by atoms with Gasteiger partial charge in [0.1, 0.15) is 5.75 Å². The number of ether oxygens (including phenoxy) is 1. The first kappa shape index (κ1) is 16.3. The zero-order chi connectivity index (χ0) is 17.6. The first-order valence-electron chi connectivity index (χ1n) is 7.87. The molecule has 4 aromatic rings. The van der Waals surface area contributed by atoms with Crippen LogP contribution < -0.4 is 4.74 Å². The molecule has 0 spiro atoms. The van der Waals surface area contributed by atoms with Crippen LogP contribution in [0, 0.1) is 0 Å². The zero-order valence-corrected chi connectivity index (χ0v) is 14.4. The second-order valence-electron chi connectivity index (χ2n) is 5.22. The quantitative estimate of drug-likeness (QED) is 0.454. The predicted molar refractivity (Wildman–Crippen MR) is 94.4 cm³/mol. The van der Waals surface area contributed by atoms with Gasteiger partial charge in [0, 0.05) is 5.56 Å². The molecule has 2 aromatic heterocycles. The van der Waals surface area contributed by atoms with Crippen LogP contribution in [0.25, 0.3) is 11.5 Å². The van der Waals surface area contributed by atoms with Gasteiger partial charge in [0.2, 0.25) is 11.8 Å². The third-order valence-corrected chi connectivity index (χ3v) is 4.16. The largest absolute Gasteiger partial charge is 0.484 e. The molecule has 2 heterocycles. The summed E-state index contributed by atoms with van der Waals surface area (Å²) in [6.07, 6.45) is 0. The van der Waals surface area contributed by atoms with Crippen LogP contribution >= 0.6 is 11.8 Å². The monoisotopic (exact) mass is 366 g/mol. The summed E-state index contributed by atoms with van der Waals surface area (Å²) >= 11 is 1.34. The molecular formula is C18H14N4O3S. The molecule has 0 aliphatic heterocycles. The number of hydrogen-bond acceptors (Lipinski definition) is 8. The summed E-state index contributed by atoms with van der Waals surface area (Å²) in [6.45, 7) is 0.223. The summed E-state index contributed by atoms with van der Waals surface area (Å²) in [6, 6.07) is 19.1. The van der Waals surface area contributed by atoms with E-state index in [9.17, 15) is 0 Å². The summed E-state index contributed by atoms with van der Waals surface area (Å²) in [5.41, 5.74) is 0.880. The van der Waals surface area contributed by atoms with Crippen LogP contribution in [0.2, 0.25) is 0 Å². The smallest absolute Gasteiger partial charge is 0.277 e. The molecule has 0 amide bonds. The Morgan fingerprint density at radius 3 is 2.31 bits per heavy atom. The summed E-state index contributed by atoms with van der Waals surface area (Å²) in [5.74, 6) is 2.56. The van der Waals surface area contributed by atoms with Gasteiger partial charge in [0.15, 0.2) is 6.61 Å². The highest BCUT2D eigenvalue weighted by atomic mass is 32.2. The lowest BCUT2D eigenvalue weighted by Gasteiger charge is -2.01. The average Bonchev–Trinajstić information content (AvgIpc) is 3.36. The minimum Gasteiger partial charge on any atom is -0.484 e. The van der Waals surface area contributed by atoms with E-state index in [1.807, 2.05) is 60.7 Å². The standard InChI is InChI=1S/C18H14N4O3S/c1-3-7-13(8-4-1)17-21-22-18(25-17)26-12-16-20-19-15(24-16)11-23-14-9-5-2-6-10-14/h1-10H,11-12H2. The molecule has 0 N–H and O–H groups in total. The molecule has 4 rings (SSSR count). The highest BCUT2D eigenvalue weighted by molar-refractivity contribution is 7.98. The van der Waals surface area contributed by atoms with E-state index in [0.29, 0.717) is 28.6 Å². The van der Waals surface area contributed by atoms with Gasteiger partial charge < -0.3 is 13.6 Å². The molecule has 130 valence electrons. The van der Waals surface area contributed by atoms with E-state index in [4.69, 9.17) is 13.6 Å². The number of thioether (sulfide) groups is 1. The van der Waals surface area contributed by atoms with Crippen LogP contribution in [0.4, 0.5) is 0 Å². The van der Waals surface area contributed by atoms with E-state index in [1.54, 1.807) is 0 Å². The molecule has 0 atom stereocenters. The Bertz CT molecular complexity index is 957. The molecular weight excluding hydrogens is 352 g/mol. The van der Waals surface area contributed by atoms with Crippen molar-refractivity contribution in [2.75, 3.05) is 0 Å². The van der Waals surface area contributed by atoms with Gasteiger partial charge in [-0.25, -0.2) is 0 Å². The Morgan fingerprint density at radius 1 is 0.769 bits per heavy atom. The zero-order valence-electron chi connectivity index (χ0n) is 13.6. The molecule has 0 saturated heterocycles. The molecule has 0 saturated carbocycles. The van der Waals surface area contributed by atoms with Crippen LogP contribution in [0.5, 0.6) is 5.75 Å². The van der Waals surface area contributed by atoms with E-state index in [1.165, 1.54) is 11.8 Å². The van der Waals surface area contributed by atoms with Gasteiger partial charge in [-0.3, -0.25) is 0 Å². The van der Waals surface area contributed by atoms with Gasteiger partial charge in [-0.2, -0.15) is 0 Å². The lowest BCUT2D eigenvalue weighted by atomic mass is 10.2. The van der Waals surface area contributed by atoms with Crippen molar-refractivity contribution in [1.29, 1.82) is 0 Å². The fourth-order valence-electron chi connectivity index (χ4n) is 2.16. The van der Waals surface area contributed by atoms with Crippen LogP contribution in [-0.2, 0) is 12.4 Å². The summed E-state index contributed by atoms with van der Waals surface area (Å²) in [7, 11) is 0. The maximum Gasteiger partial charge on any atom is 0.277 e. The van der Waals surface area contributed by atoms with Crippen LogP contribution in [0.15, 0.2) is 74.7 Å². The van der Waals surface area contributed by atoms with Crippen molar-refractivity contribution in [2.45, 2.75) is 17.6 Å². The Hall–Kier alpha value is -3.13. The van der Waals surface area contributed by atoms with Gasteiger partial charge in [0.05, 0.1) is 5.75 Å². The Balaban J connectivity index is 1.31. The Kier molecular flexibility index (Phi) is 4.92. The molecule has 0 fully saturated rings. The normalized spacial score (nSPS) is 10.8. The number of rotatable bonds is 7. The third kappa shape index (κ3) is 4.09. The molecule has 26 heavy (non-hydrogen) atoms. The van der Waals surface area contributed by atoms with Crippen LogP contribution in [0.1, 0.15) is 11.8 Å². The van der Waals surface area contributed by atoms with E-state index in [-0.39, 0.29) is 6.61 Å². The van der Waals surface area contributed by atoms with Crippen molar-refractivity contribution < 1.29 is 13.6 Å². The number of nitrogens with zero attached hydrogens (tertiary/aromatic N) is 4. The first-order chi connectivity index (χ1) is 12.9. The van der Waals surface area contributed by atoms with E-state index in [2.05, 4.69) is 20.4 Å². The van der Waals surface area contributed by atoms with Gasteiger partial charge in [-0.1, -0.05) is 48.2 Å². The number of aromatic nitrogens is 4. The molecule has 8 heteroatoms. The molecule has 0 radical (unpaired) electrons. The maximum atomic E-state index is 5.63. The van der Waals surface area contributed by atoms with Crippen LogP contribution in [-0.4, -0.2) is 20.4 Å². The molecule has 0 bridgehead atoms. The fourth-order valence-corrected chi connectivity index (χ4v) is 2.76. The van der Waals surface area contributed by atoms with Gasteiger partial charge in [-0.05, 0) is 24.3 Å². The molecule has 2 aromatic carbocycles. The minimum absolute atomic E-state index is 0.223. The van der Waals surface area contributed by atoms with Crippen molar-refractivity contribution in [2.24, 2.45) is 0 Å². The summed E-state index contributed by atoms with van der Waals surface area (Å²) in [4.78, 5) is 0. The topological polar surface area (TPSA) is 87.1 Å². The lowest BCUT2D eigenvalue weighted by Crippen LogP contribution is -1.95. The second kappa shape index (κ2) is 7.83. The SMILES string of the molecule is c1ccc(OCc2nnc(CSc3nnc(-c4ccccc4)o3)o2)cc1. The van der Waals surface area contributed by atoms with Crippen molar-refractivity contribution in [1.82, 2.24) is 20.4 Å². The highest BCUT2D eigenvalue weighted by Gasteiger charge is 2.12. The fraction of sp³-hybridized carbons (Fsp3) is 0.111. The Morgan fingerprint density at radius 2 is 1.50 bits per heavy atom. The van der Waals surface area contributed by atoms with Crippen LogP contribution in [0.3, 0.4) is 0 Å². The second-order valence-corrected chi connectivity index (χ2v) is 6.15. The average molecular weight is 366 g/mol. The van der Waals surface area contributed by atoms with Crippen molar-refractivity contribution in [3.05, 3.63) is 72.4 Å². The predicted octanol–water partition coefficient (Wildman–Crippen LogP) is 3.99.